The molecule has 74 valence electrons. The first-order valence-electron chi connectivity index (χ1n) is 4.13. The zero-order valence-electron chi connectivity index (χ0n) is 7.58. The third-order valence-corrected chi connectivity index (χ3v) is 4.11. The molecule has 2 heterocycles. The van der Waals surface area contributed by atoms with Crippen LogP contribution in [-0.4, -0.2) is 4.98 Å². The largest absolute Gasteiger partial charge is 0.357 e. The monoisotopic (exact) mass is 288 g/mol. The molecular weight excluding hydrogens is 280 g/mol. The maximum absolute atomic E-state index is 4.24. The quantitative estimate of drug-likeness (QED) is 0.927. The van der Waals surface area contributed by atoms with Crippen molar-refractivity contribution in [1.29, 1.82) is 0 Å². The van der Waals surface area contributed by atoms with Crippen LogP contribution in [0.5, 0.6) is 0 Å². The van der Waals surface area contributed by atoms with Crippen molar-refractivity contribution in [1.82, 2.24) is 4.98 Å². The van der Waals surface area contributed by atoms with Gasteiger partial charge in [0.05, 0.1) is 3.79 Å². The fraction of sp³-hybridized carbons (Fsp3) is 0.222. The molecule has 0 spiro atoms. The van der Waals surface area contributed by atoms with Gasteiger partial charge in [0.15, 0.2) is 5.13 Å². The van der Waals surface area contributed by atoms with Crippen molar-refractivity contribution in [2.24, 2.45) is 0 Å². The molecule has 0 atom stereocenters. The van der Waals surface area contributed by atoms with Crippen LogP contribution in [0.1, 0.15) is 10.4 Å². The number of nitrogens with one attached hydrogen (secondary N) is 1. The molecule has 0 aliphatic heterocycles. The lowest BCUT2D eigenvalue weighted by molar-refractivity contribution is 1.14. The molecule has 2 aromatic rings. The van der Waals surface area contributed by atoms with Gasteiger partial charge in [0.2, 0.25) is 0 Å². The molecule has 0 radical (unpaired) electrons. The molecule has 0 aliphatic rings. The smallest absolute Gasteiger partial charge is 0.183 e. The number of halogens is 1. The first-order chi connectivity index (χ1) is 6.74. The maximum atomic E-state index is 4.24. The lowest BCUT2D eigenvalue weighted by atomic mass is 10.3. The lowest BCUT2D eigenvalue weighted by Crippen LogP contribution is -1.96. The van der Waals surface area contributed by atoms with Crippen LogP contribution in [0, 0.1) is 6.92 Å². The summed E-state index contributed by atoms with van der Waals surface area (Å²) in [6, 6.07) is 2.12. The van der Waals surface area contributed by atoms with Gasteiger partial charge in [-0.2, -0.15) is 0 Å². The van der Waals surface area contributed by atoms with E-state index in [1.54, 1.807) is 22.7 Å². The van der Waals surface area contributed by atoms with Crippen LogP contribution < -0.4 is 5.32 Å². The molecule has 0 bridgehead atoms. The standard InChI is InChI=1S/C9H9BrN2S2/c1-6-3-11-9(14-6)12-4-7-2-8(10)13-5-7/h2-3,5H,4H2,1H3,(H,11,12). The fourth-order valence-corrected chi connectivity index (χ4v) is 2.92. The van der Waals surface area contributed by atoms with Crippen LogP contribution in [0.25, 0.3) is 0 Å². The van der Waals surface area contributed by atoms with E-state index < -0.39 is 0 Å². The highest BCUT2D eigenvalue weighted by molar-refractivity contribution is 9.11. The summed E-state index contributed by atoms with van der Waals surface area (Å²) in [5.74, 6) is 0. The molecule has 0 aliphatic carbocycles. The Hall–Kier alpha value is -0.390. The van der Waals surface area contributed by atoms with Crippen molar-refractivity contribution in [3.63, 3.8) is 0 Å². The minimum Gasteiger partial charge on any atom is -0.357 e. The normalized spacial score (nSPS) is 10.4. The van der Waals surface area contributed by atoms with E-state index in [2.05, 4.69) is 44.6 Å². The number of thiazole rings is 1. The second-order valence-corrected chi connectivity index (χ2v) is 6.41. The number of thiophene rings is 1. The molecule has 5 heteroatoms. The summed E-state index contributed by atoms with van der Waals surface area (Å²) in [5, 5.41) is 6.42. The van der Waals surface area contributed by atoms with Crippen molar-refractivity contribution in [3.8, 4) is 0 Å². The van der Waals surface area contributed by atoms with E-state index in [0.717, 1.165) is 11.7 Å². The van der Waals surface area contributed by atoms with Gasteiger partial charge in [-0.05, 0) is 39.9 Å². The number of aryl methyl sites for hydroxylation is 1. The van der Waals surface area contributed by atoms with Gasteiger partial charge in [0.25, 0.3) is 0 Å². The highest BCUT2D eigenvalue weighted by Crippen LogP contribution is 2.22. The zero-order chi connectivity index (χ0) is 9.97. The Bertz CT molecular complexity index is 382. The van der Waals surface area contributed by atoms with Crippen LogP contribution >= 0.6 is 38.6 Å². The summed E-state index contributed by atoms with van der Waals surface area (Å²) in [6.45, 7) is 2.90. The third kappa shape index (κ3) is 2.56. The Labute approximate surface area is 99.1 Å². The Balaban J connectivity index is 1.94. The van der Waals surface area contributed by atoms with Gasteiger partial charge in [-0.25, -0.2) is 4.98 Å². The second kappa shape index (κ2) is 4.42. The van der Waals surface area contributed by atoms with Crippen molar-refractivity contribution in [2.45, 2.75) is 13.5 Å². The molecule has 0 saturated heterocycles. The number of hydrogen-bond donors (Lipinski definition) is 1. The van der Waals surface area contributed by atoms with E-state index in [-0.39, 0.29) is 0 Å². The number of anilines is 1. The van der Waals surface area contributed by atoms with E-state index in [0.29, 0.717) is 0 Å². The van der Waals surface area contributed by atoms with E-state index in [1.807, 2.05) is 6.20 Å². The average molecular weight is 289 g/mol. The Morgan fingerprint density at radius 1 is 1.57 bits per heavy atom. The van der Waals surface area contributed by atoms with E-state index in [4.69, 9.17) is 0 Å². The predicted octanol–water partition coefficient (Wildman–Crippen LogP) is 3.89. The Morgan fingerprint density at radius 2 is 2.43 bits per heavy atom. The van der Waals surface area contributed by atoms with Gasteiger partial charge >= 0.3 is 0 Å². The third-order valence-electron chi connectivity index (χ3n) is 1.69. The van der Waals surface area contributed by atoms with Gasteiger partial charge in [-0.3, -0.25) is 0 Å². The Kier molecular flexibility index (Phi) is 3.20. The average Bonchev–Trinajstić information content (AvgIpc) is 2.72. The van der Waals surface area contributed by atoms with Gasteiger partial charge in [0.1, 0.15) is 0 Å². The van der Waals surface area contributed by atoms with E-state index >= 15 is 0 Å². The van der Waals surface area contributed by atoms with Gasteiger partial charge in [-0.1, -0.05) is 0 Å². The van der Waals surface area contributed by atoms with E-state index in [1.165, 1.54) is 14.2 Å². The second-order valence-electron chi connectivity index (χ2n) is 2.89. The number of rotatable bonds is 3. The zero-order valence-corrected chi connectivity index (χ0v) is 10.8. The summed E-state index contributed by atoms with van der Waals surface area (Å²) in [5.41, 5.74) is 1.29. The molecule has 14 heavy (non-hydrogen) atoms. The molecule has 0 unspecified atom stereocenters. The van der Waals surface area contributed by atoms with Gasteiger partial charge < -0.3 is 5.32 Å². The van der Waals surface area contributed by atoms with Crippen molar-refractivity contribution in [2.75, 3.05) is 5.32 Å². The van der Waals surface area contributed by atoms with E-state index in [9.17, 15) is 0 Å². The maximum Gasteiger partial charge on any atom is 0.183 e. The SMILES string of the molecule is Cc1cnc(NCc2csc(Br)c2)s1. The molecule has 0 saturated carbocycles. The first-order valence-corrected chi connectivity index (χ1v) is 6.62. The number of nitrogens with zero attached hydrogens (tertiary/aromatic N) is 1. The van der Waals surface area contributed by atoms with Crippen LogP contribution in [0.2, 0.25) is 0 Å². The molecule has 2 aromatic heterocycles. The highest BCUT2D eigenvalue weighted by Gasteiger charge is 1.99. The van der Waals surface area contributed by atoms with Crippen molar-refractivity contribution < 1.29 is 0 Å². The van der Waals surface area contributed by atoms with Crippen LogP contribution in [0.15, 0.2) is 21.4 Å². The minimum absolute atomic E-state index is 0.842. The molecule has 0 fully saturated rings. The summed E-state index contributed by atoms with van der Waals surface area (Å²) >= 11 is 6.83. The van der Waals surface area contributed by atoms with Gasteiger partial charge in [0, 0.05) is 17.6 Å². The van der Waals surface area contributed by atoms with Gasteiger partial charge in [-0.15, -0.1) is 22.7 Å². The lowest BCUT2D eigenvalue weighted by Gasteiger charge is -1.98. The van der Waals surface area contributed by atoms with Crippen LogP contribution in [0.3, 0.4) is 0 Å². The number of aromatic nitrogens is 1. The summed E-state index contributed by atoms with van der Waals surface area (Å²) < 4.78 is 1.17. The number of hydrogen-bond acceptors (Lipinski definition) is 4. The Morgan fingerprint density at radius 3 is 3.00 bits per heavy atom. The molecule has 2 nitrogen and oxygen atoms in total. The molecule has 0 amide bonds. The predicted molar refractivity (Wildman–Crippen MR) is 66.2 cm³/mol. The molecular formula is C9H9BrN2S2. The molecule has 2 rings (SSSR count). The van der Waals surface area contributed by atoms with Crippen molar-refractivity contribution >= 4 is 43.7 Å². The van der Waals surface area contributed by atoms with Crippen LogP contribution in [-0.2, 0) is 6.54 Å². The minimum atomic E-state index is 0.842. The summed E-state index contributed by atoms with van der Waals surface area (Å²) in [4.78, 5) is 5.47. The molecule has 0 aromatic carbocycles. The van der Waals surface area contributed by atoms with Crippen LogP contribution in [0.4, 0.5) is 5.13 Å². The summed E-state index contributed by atoms with van der Waals surface area (Å²) in [7, 11) is 0. The fourth-order valence-electron chi connectivity index (χ4n) is 1.05. The molecule has 1 N–H and O–H groups in total. The van der Waals surface area contributed by atoms with Crippen molar-refractivity contribution in [3.05, 3.63) is 31.9 Å². The first kappa shape index (κ1) is 10.1. The highest BCUT2D eigenvalue weighted by atomic mass is 79.9. The topological polar surface area (TPSA) is 24.9 Å². The summed E-state index contributed by atoms with van der Waals surface area (Å²) in [6.07, 6.45) is 1.89.